The van der Waals surface area contributed by atoms with Gasteiger partial charge >= 0.3 is 5.97 Å². The van der Waals surface area contributed by atoms with Crippen LogP contribution in [0.5, 0.6) is 0 Å². The summed E-state index contributed by atoms with van der Waals surface area (Å²) in [6.45, 7) is 6.48. The Kier molecular flexibility index (Phi) is 5.88. The summed E-state index contributed by atoms with van der Waals surface area (Å²) in [6.07, 6.45) is 11.9. The molecule has 7 nitrogen and oxygen atoms in total. The summed E-state index contributed by atoms with van der Waals surface area (Å²) in [4.78, 5) is 35.0. The Bertz CT molecular complexity index is 1310. The molecule has 3 saturated carbocycles. The lowest BCUT2D eigenvalue weighted by Crippen LogP contribution is -2.55. The number of aliphatic carboxylic acids is 1. The number of piperidine rings is 1. The first-order valence-electron chi connectivity index (χ1n) is 15.1. The maximum atomic E-state index is 14.0. The monoisotopic (exact) mass is 518 g/mol. The second-order valence-corrected chi connectivity index (χ2v) is 13.4. The van der Waals surface area contributed by atoms with Gasteiger partial charge in [-0.1, -0.05) is 32.4 Å². The van der Waals surface area contributed by atoms with Crippen LogP contribution in [0.25, 0.3) is 11.0 Å². The largest absolute Gasteiger partial charge is 0.480 e. The number of hydrogen-bond acceptors (Lipinski definition) is 5. The van der Waals surface area contributed by atoms with Crippen LogP contribution in [0.15, 0.2) is 29.1 Å². The molecular formula is C31H42N4O3. The van der Waals surface area contributed by atoms with Crippen LogP contribution in [0.3, 0.4) is 0 Å². The molecule has 5 fully saturated rings. The number of hydrogen-bond donors (Lipinski definition) is 1. The van der Waals surface area contributed by atoms with Crippen LogP contribution < -0.4 is 10.5 Å². The van der Waals surface area contributed by atoms with Gasteiger partial charge in [0.2, 0.25) is 0 Å². The SMILES string of the molecule is CCC[C@@H]1C[C@H](n2c(=O)c(N3CC[C@H]3C(=O)O)nc3ccccc32)CCN1[C@@H]1C[C@H]2C[C@H]3C[C@@H](C1)C3(C)C2. The summed E-state index contributed by atoms with van der Waals surface area (Å²) >= 11 is 0. The van der Waals surface area contributed by atoms with Crippen molar-refractivity contribution in [1.29, 1.82) is 0 Å². The molecule has 2 bridgehead atoms. The third kappa shape index (κ3) is 3.67. The molecule has 1 aromatic heterocycles. The van der Waals surface area contributed by atoms with Crippen molar-refractivity contribution in [3.05, 3.63) is 34.6 Å². The highest BCUT2D eigenvalue weighted by atomic mass is 16.4. The Morgan fingerprint density at radius 1 is 1.05 bits per heavy atom. The van der Waals surface area contributed by atoms with Crippen molar-refractivity contribution < 1.29 is 9.90 Å². The molecule has 38 heavy (non-hydrogen) atoms. The standard InChI is InChI=1S/C31H42N4O3/c1-3-6-22-17-23(9-11-33(22)24-14-19-13-20-15-21(16-24)31(20,2)18-19)35-26-8-5-4-7-25(26)32-28(29(35)36)34-12-10-27(34)30(37)38/h4-5,7-8,19-24,27H,3,6,9-18H2,1-2H3,(H,37,38)/t19-,20+,21+,22-,23-,24-,27+,31?/m1/s1. The smallest absolute Gasteiger partial charge is 0.326 e. The lowest BCUT2D eigenvalue weighted by Gasteiger charge is -2.54. The van der Waals surface area contributed by atoms with Crippen LogP contribution in [0.2, 0.25) is 0 Å². The van der Waals surface area contributed by atoms with Crippen LogP contribution in [-0.4, -0.2) is 56.7 Å². The van der Waals surface area contributed by atoms with Gasteiger partial charge in [0, 0.05) is 31.2 Å². The Balaban J connectivity index is 1.20. The number of benzene rings is 1. The van der Waals surface area contributed by atoms with E-state index in [1.54, 1.807) is 4.90 Å². The van der Waals surface area contributed by atoms with Gasteiger partial charge in [0.1, 0.15) is 6.04 Å². The minimum Gasteiger partial charge on any atom is -0.480 e. The Labute approximate surface area is 225 Å². The minimum absolute atomic E-state index is 0.110. The molecule has 2 saturated heterocycles. The maximum absolute atomic E-state index is 14.0. The fraction of sp³-hybridized carbons (Fsp3) is 0.710. The number of rotatable bonds is 6. The van der Waals surface area contributed by atoms with Crippen LogP contribution in [0, 0.1) is 23.2 Å². The number of carboxylic acid groups (broad SMARTS) is 1. The number of carbonyl (C=O) groups is 1. The quantitative estimate of drug-likeness (QED) is 0.575. The number of aromatic nitrogens is 2. The van der Waals surface area contributed by atoms with E-state index in [9.17, 15) is 14.7 Å². The van der Waals surface area contributed by atoms with E-state index in [1.807, 2.05) is 28.8 Å². The number of fused-ring (bicyclic) bond motifs is 2. The van der Waals surface area contributed by atoms with Crippen LogP contribution in [-0.2, 0) is 4.79 Å². The summed E-state index contributed by atoms with van der Waals surface area (Å²) < 4.78 is 1.99. The van der Waals surface area contributed by atoms with Crippen LogP contribution in [0.1, 0.15) is 84.1 Å². The van der Waals surface area contributed by atoms with Gasteiger partial charge in [-0.3, -0.25) is 9.69 Å². The van der Waals surface area contributed by atoms with Gasteiger partial charge < -0.3 is 14.6 Å². The lowest BCUT2D eigenvalue weighted by molar-refractivity contribution is -0.140. The zero-order valence-corrected chi connectivity index (χ0v) is 22.9. The summed E-state index contributed by atoms with van der Waals surface area (Å²) in [7, 11) is 0. The number of likely N-dealkylation sites (tertiary alicyclic amines) is 1. The van der Waals surface area contributed by atoms with E-state index in [0.29, 0.717) is 36.3 Å². The van der Waals surface area contributed by atoms with E-state index >= 15 is 0 Å². The number of nitrogens with zero attached hydrogens (tertiary/aromatic N) is 4. The second kappa shape index (κ2) is 9.07. The molecule has 1 N–H and O–H groups in total. The van der Waals surface area contributed by atoms with E-state index in [-0.39, 0.29) is 11.6 Å². The van der Waals surface area contributed by atoms with E-state index in [2.05, 4.69) is 18.7 Å². The van der Waals surface area contributed by atoms with Crippen molar-refractivity contribution in [2.75, 3.05) is 18.0 Å². The molecule has 0 spiro atoms. The normalized spacial score (nSPS) is 38.5. The van der Waals surface area contributed by atoms with E-state index in [0.717, 1.165) is 54.6 Å². The lowest BCUT2D eigenvalue weighted by atomic mass is 9.54. The van der Waals surface area contributed by atoms with Crippen molar-refractivity contribution in [2.45, 2.75) is 102 Å². The van der Waals surface area contributed by atoms with E-state index < -0.39 is 12.0 Å². The van der Waals surface area contributed by atoms with Crippen LogP contribution in [0.4, 0.5) is 5.82 Å². The van der Waals surface area contributed by atoms with Gasteiger partial charge in [0.15, 0.2) is 5.82 Å². The number of para-hydroxylation sites is 2. The molecule has 0 amide bonds. The zero-order chi connectivity index (χ0) is 26.2. The van der Waals surface area contributed by atoms with Crippen LogP contribution >= 0.6 is 0 Å². The molecule has 8 atom stereocenters. The molecule has 1 aromatic carbocycles. The van der Waals surface area contributed by atoms with Crippen molar-refractivity contribution in [1.82, 2.24) is 14.5 Å². The van der Waals surface area contributed by atoms with Gasteiger partial charge in [0.25, 0.3) is 5.56 Å². The first kappa shape index (κ1) is 24.6. The van der Waals surface area contributed by atoms with Crippen molar-refractivity contribution >= 4 is 22.8 Å². The third-order valence-electron chi connectivity index (χ3n) is 11.5. The molecule has 0 radical (unpaired) electrons. The molecule has 1 unspecified atom stereocenters. The van der Waals surface area contributed by atoms with Gasteiger partial charge in [-0.05, 0) is 93.1 Å². The second-order valence-electron chi connectivity index (χ2n) is 13.4. The number of anilines is 1. The first-order valence-corrected chi connectivity index (χ1v) is 15.1. The van der Waals surface area contributed by atoms with Crippen molar-refractivity contribution in [2.24, 2.45) is 23.2 Å². The van der Waals surface area contributed by atoms with E-state index in [1.165, 1.54) is 38.5 Å². The molecule has 5 aliphatic rings. The highest BCUT2D eigenvalue weighted by Gasteiger charge is 2.59. The molecule has 204 valence electrons. The molecule has 3 heterocycles. The number of carboxylic acids is 1. The molecule has 7 rings (SSSR count). The highest BCUT2D eigenvalue weighted by molar-refractivity contribution is 5.81. The summed E-state index contributed by atoms with van der Waals surface area (Å²) in [5, 5.41) is 9.65. The maximum Gasteiger partial charge on any atom is 0.326 e. The minimum atomic E-state index is -0.878. The molecular weight excluding hydrogens is 476 g/mol. The Morgan fingerprint density at radius 2 is 1.87 bits per heavy atom. The van der Waals surface area contributed by atoms with Gasteiger partial charge in [0.05, 0.1) is 11.0 Å². The molecule has 3 aliphatic carbocycles. The predicted molar refractivity (Wildman–Crippen MR) is 149 cm³/mol. The topological polar surface area (TPSA) is 78.7 Å². The Hall–Kier alpha value is -2.41. The Morgan fingerprint density at radius 3 is 2.63 bits per heavy atom. The predicted octanol–water partition coefficient (Wildman–Crippen LogP) is 5.08. The van der Waals surface area contributed by atoms with Gasteiger partial charge in [-0.25, -0.2) is 9.78 Å². The average molecular weight is 519 g/mol. The fourth-order valence-corrected chi connectivity index (χ4v) is 9.46. The third-order valence-corrected chi connectivity index (χ3v) is 11.5. The first-order chi connectivity index (χ1) is 18.4. The summed E-state index contributed by atoms with van der Waals surface area (Å²) in [5.41, 5.74) is 2.15. The zero-order valence-electron chi connectivity index (χ0n) is 22.9. The fourth-order valence-electron chi connectivity index (χ4n) is 9.46. The molecule has 7 heteroatoms. The van der Waals surface area contributed by atoms with Crippen molar-refractivity contribution in [3.63, 3.8) is 0 Å². The van der Waals surface area contributed by atoms with Gasteiger partial charge in [-0.2, -0.15) is 0 Å². The molecule has 2 aliphatic heterocycles. The van der Waals surface area contributed by atoms with Crippen molar-refractivity contribution in [3.8, 4) is 0 Å². The van der Waals surface area contributed by atoms with Gasteiger partial charge in [-0.15, -0.1) is 0 Å². The average Bonchev–Trinajstić information content (AvgIpc) is 3.03. The highest BCUT2D eigenvalue weighted by Crippen LogP contribution is 2.67. The summed E-state index contributed by atoms with van der Waals surface area (Å²) in [5.74, 6) is 2.22. The van der Waals surface area contributed by atoms with E-state index in [4.69, 9.17) is 4.98 Å². The summed E-state index contributed by atoms with van der Waals surface area (Å²) in [6, 6.07) is 8.52. The molecule has 2 aromatic rings.